The predicted octanol–water partition coefficient (Wildman–Crippen LogP) is 1.20. The largest absolute Gasteiger partial charge is 0.507 e. The van der Waals surface area contributed by atoms with Crippen molar-refractivity contribution < 1.29 is 14.1 Å². The Morgan fingerprint density at radius 3 is 2.76 bits per heavy atom. The van der Waals surface area contributed by atoms with Gasteiger partial charge in [0.1, 0.15) is 5.75 Å². The molecule has 0 aromatic heterocycles. The molecule has 0 aliphatic carbocycles. The second kappa shape index (κ2) is 6.39. The normalized spacial score (nSPS) is 12.1. The van der Waals surface area contributed by atoms with Crippen LogP contribution >= 0.6 is 0 Å². The van der Waals surface area contributed by atoms with Gasteiger partial charge in [-0.05, 0) is 24.6 Å². The molecule has 0 fully saturated rings. The average Bonchev–Trinajstić information content (AvgIpc) is 2.28. The summed E-state index contributed by atoms with van der Waals surface area (Å²) < 4.78 is 11.2. The van der Waals surface area contributed by atoms with Gasteiger partial charge in [-0.2, -0.15) is 0 Å². The van der Waals surface area contributed by atoms with Gasteiger partial charge in [-0.15, -0.1) is 0 Å². The molecule has 1 amide bonds. The zero-order chi connectivity index (χ0) is 12.8. The fraction of sp³-hybridized carbons (Fsp3) is 0.417. The van der Waals surface area contributed by atoms with Gasteiger partial charge in [-0.3, -0.25) is 9.00 Å². The number of aryl methyl sites for hydroxylation is 1. The van der Waals surface area contributed by atoms with E-state index >= 15 is 0 Å². The van der Waals surface area contributed by atoms with Crippen molar-refractivity contribution in [2.24, 2.45) is 0 Å². The third-order valence-corrected chi connectivity index (χ3v) is 3.64. The van der Waals surface area contributed by atoms with Crippen LogP contribution in [0.5, 0.6) is 5.75 Å². The topological polar surface area (TPSA) is 66.4 Å². The van der Waals surface area contributed by atoms with Gasteiger partial charge in [-0.25, -0.2) is 0 Å². The van der Waals surface area contributed by atoms with Crippen molar-refractivity contribution in [3.05, 3.63) is 29.3 Å². The van der Waals surface area contributed by atoms with Crippen molar-refractivity contribution in [3.63, 3.8) is 0 Å². The fourth-order valence-corrected chi connectivity index (χ4v) is 1.97. The quantitative estimate of drug-likeness (QED) is 0.831. The van der Waals surface area contributed by atoms with Gasteiger partial charge in [0.15, 0.2) is 0 Å². The molecule has 1 aromatic carbocycles. The van der Waals surface area contributed by atoms with Crippen molar-refractivity contribution in [2.45, 2.75) is 13.8 Å². The Labute approximate surface area is 104 Å². The molecule has 94 valence electrons. The van der Waals surface area contributed by atoms with Crippen molar-refractivity contribution in [3.8, 4) is 5.75 Å². The van der Waals surface area contributed by atoms with E-state index in [4.69, 9.17) is 0 Å². The highest BCUT2D eigenvalue weighted by molar-refractivity contribution is 7.84. The van der Waals surface area contributed by atoms with Crippen LogP contribution in [0.4, 0.5) is 0 Å². The van der Waals surface area contributed by atoms with E-state index in [9.17, 15) is 14.1 Å². The molecule has 0 aliphatic heterocycles. The summed E-state index contributed by atoms with van der Waals surface area (Å²) in [5.74, 6) is 0.662. The molecule has 2 N–H and O–H groups in total. The van der Waals surface area contributed by atoms with E-state index in [-0.39, 0.29) is 17.2 Å². The van der Waals surface area contributed by atoms with Crippen LogP contribution in [0, 0.1) is 6.92 Å². The van der Waals surface area contributed by atoms with Crippen LogP contribution in [0.15, 0.2) is 18.2 Å². The van der Waals surface area contributed by atoms with Crippen LogP contribution in [0.25, 0.3) is 0 Å². The zero-order valence-corrected chi connectivity index (χ0v) is 10.8. The monoisotopic (exact) mass is 255 g/mol. The molecule has 5 heteroatoms. The molecule has 1 atom stereocenters. The Balaban J connectivity index is 2.55. The number of carbonyl (C=O) groups is 1. The van der Waals surface area contributed by atoms with Crippen molar-refractivity contribution in [1.82, 2.24) is 5.32 Å². The minimum absolute atomic E-state index is 0.0286. The summed E-state index contributed by atoms with van der Waals surface area (Å²) in [4.78, 5) is 11.7. The Bertz CT molecular complexity index is 432. The Hall–Kier alpha value is -1.36. The number of phenolic OH excluding ortho intramolecular Hbond substituents is 1. The highest BCUT2D eigenvalue weighted by atomic mass is 32.2. The summed E-state index contributed by atoms with van der Waals surface area (Å²) in [6.07, 6.45) is 0. The summed E-state index contributed by atoms with van der Waals surface area (Å²) >= 11 is 0. The lowest BCUT2D eigenvalue weighted by atomic mass is 10.1. The van der Waals surface area contributed by atoms with Crippen LogP contribution in [-0.2, 0) is 10.8 Å². The van der Waals surface area contributed by atoms with Gasteiger partial charge in [0, 0.05) is 28.9 Å². The molecule has 0 heterocycles. The highest BCUT2D eigenvalue weighted by Gasteiger charge is 2.10. The molecule has 1 unspecified atom stereocenters. The van der Waals surface area contributed by atoms with Crippen LogP contribution in [-0.4, -0.2) is 33.3 Å². The first-order valence-electron chi connectivity index (χ1n) is 5.47. The van der Waals surface area contributed by atoms with E-state index in [1.807, 2.05) is 13.8 Å². The number of aromatic hydroxyl groups is 1. The summed E-state index contributed by atoms with van der Waals surface area (Å²) in [6.45, 7) is 4.03. The third kappa shape index (κ3) is 4.19. The lowest BCUT2D eigenvalue weighted by Gasteiger charge is -2.07. The van der Waals surface area contributed by atoms with E-state index in [1.54, 1.807) is 18.2 Å². The summed E-state index contributed by atoms with van der Waals surface area (Å²) in [6, 6.07) is 4.88. The van der Waals surface area contributed by atoms with Gasteiger partial charge in [-0.1, -0.05) is 13.0 Å². The van der Waals surface area contributed by atoms with Gasteiger partial charge < -0.3 is 10.4 Å². The van der Waals surface area contributed by atoms with Gasteiger partial charge in [0.2, 0.25) is 0 Å². The van der Waals surface area contributed by atoms with Gasteiger partial charge in [0.05, 0.1) is 5.56 Å². The molecular formula is C12H17NO3S. The minimum Gasteiger partial charge on any atom is -0.507 e. The first-order chi connectivity index (χ1) is 8.04. The van der Waals surface area contributed by atoms with Crippen molar-refractivity contribution in [2.75, 3.05) is 18.1 Å². The number of rotatable bonds is 5. The molecule has 4 nitrogen and oxygen atoms in total. The number of hydrogen-bond acceptors (Lipinski definition) is 3. The molecule has 0 spiro atoms. The average molecular weight is 255 g/mol. The van der Waals surface area contributed by atoms with Crippen LogP contribution in [0.1, 0.15) is 22.8 Å². The molecule has 0 aliphatic rings. The molecule has 0 saturated carbocycles. The SMILES string of the molecule is CCS(=O)CCNC(=O)c1ccc(C)cc1O. The standard InChI is InChI=1S/C12H17NO3S/c1-3-17(16)7-6-13-12(15)10-5-4-9(2)8-11(10)14/h4-5,8,14H,3,6-7H2,1-2H3,(H,13,15). The first-order valence-corrected chi connectivity index (χ1v) is 6.96. The van der Waals surface area contributed by atoms with Gasteiger partial charge in [0.25, 0.3) is 5.91 Å². The third-order valence-electron chi connectivity index (χ3n) is 2.34. The highest BCUT2D eigenvalue weighted by Crippen LogP contribution is 2.17. The summed E-state index contributed by atoms with van der Waals surface area (Å²) in [5.41, 5.74) is 1.14. The molecule has 1 aromatic rings. The molecule has 1 rings (SSSR count). The van der Waals surface area contributed by atoms with E-state index < -0.39 is 10.8 Å². The Kier molecular flexibility index (Phi) is 5.15. The van der Waals surface area contributed by atoms with Crippen molar-refractivity contribution in [1.29, 1.82) is 0 Å². The number of amides is 1. The second-order valence-electron chi connectivity index (χ2n) is 3.71. The van der Waals surface area contributed by atoms with E-state index in [0.717, 1.165) is 5.56 Å². The smallest absolute Gasteiger partial charge is 0.255 e. The van der Waals surface area contributed by atoms with E-state index in [0.29, 0.717) is 18.1 Å². The number of hydrogen-bond donors (Lipinski definition) is 2. The van der Waals surface area contributed by atoms with Crippen LogP contribution in [0.2, 0.25) is 0 Å². The Morgan fingerprint density at radius 1 is 1.47 bits per heavy atom. The van der Waals surface area contributed by atoms with E-state index in [2.05, 4.69) is 5.32 Å². The maximum Gasteiger partial charge on any atom is 0.255 e. The molecular weight excluding hydrogens is 238 g/mol. The van der Waals surface area contributed by atoms with Gasteiger partial charge >= 0.3 is 0 Å². The molecule has 0 saturated heterocycles. The fourth-order valence-electron chi connectivity index (χ4n) is 1.35. The Morgan fingerprint density at radius 2 is 2.18 bits per heavy atom. The van der Waals surface area contributed by atoms with Crippen molar-refractivity contribution >= 4 is 16.7 Å². The second-order valence-corrected chi connectivity index (χ2v) is 5.57. The summed E-state index contributed by atoms with van der Waals surface area (Å²) in [7, 11) is -0.886. The predicted molar refractivity (Wildman–Crippen MR) is 68.7 cm³/mol. The first kappa shape index (κ1) is 13.7. The summed E-state index contributed by atoms with van der Waals surface area (Å²) in [5, 5.41) is 12.2. The zero-order valence-electron chi connectivity index (χ0n) is 10.0. The number of phenols is 1. The minimum atomic E-state index is -0.886. The van der Waals surface area contributed by atoms with E-state index in [1.165, 1.54) is 0 Å². The molecule has 17 heavy (non-hydrogen) atoms. The lowest BCUT2D eigenvalue weighted by molar-refractivity contribution is 0.0953. The molecule has 0 radical (unpaired) electrons. The lowest BCUT2D eigenvalue weighted by Crippen LogP contribution is -2.28. The maximum absolute atomic E-state index is 11.7. The molecule has 0 bridgehead atoms. The number of nitrogens with one attached hydrogen (secondary N) is 1. The van der Waals surface area contributed by atoms with Crippen LogP contribution in [0.3, 0.4) is 0 Å². The van der Waals surface area contributed by atoms with Crippen LogP contribution < -0.4 is 5.32 Å². The number of benzene rings is 1. The maximum atomic E-state index is 11.7. The number of carbonyl (C=O) groups excluding carboxylic acids is 1.